The van der Waals surface area contributed by atoms with Crippen LogP contribution in [0.4, 0.5) is 0 Å². The van der Waals surface area contributed by atoms with Gasteiger partial charge in [0.2, 0.25) is 0 Å². The van der Waals surface area contributed by atoms with E-state index in [1.807, 2.05) is 97.1 Å². The van der Waals surface area contributed by atoms with Crippen LogP contribution in [-0.2, 0) is 0 Å². The van der Waals surface area contributed by atoms with Crippen molar-refractivity contribution in [3.05, 3.63) is 206 Å². The van der Waals surface area contributed by atoms with Gasteiger partial charge in [-0.3, -0.25) is 0 Å². The smallest absolute Gasteiger partial charge is 0.180 e. The molecule has 0 aliphatic carbocycles. The first-order valence-electron chi connectivity index (χ1n) is 20.6. The molecule has 290 valence electrons. The molecule has 8 aromatic carbocycles. The molecule has 0 bridgehead atoms. The summed E-state index contributed by atoms with van der Waals surface area (Å²) < 4.78 is 8.81. The van der Waals surface area contributed by atoms with Gasteiger partial charge in [-0.25, -0.2) is 24.9 Å². The summed E-state index contributed by atoms with van der Waals surface area (Å²) in [5, 5.41) is 3.21. The molecule has 12 rings (SSSR count). The maximum absolute atomic E-state index is 6.47. The largest absolute Gasteiger partial charge is 0.452 e. The molecule has 0 atom stereocenters. The fourth-order valence-corrected chi connectivity index (χ4v) is 8.64. The van der Waals surface area contributed by atoms with E-state index < -0.39 is 0 Å². The molecule has 7 heteroatoms. The highest BCUT2D eigenvalue weighted by Crippen LogP contribution is 2.43. The molecule has 0 aliphatic heterocycles. The van der Waals surface area contributed by atoms with Crippen molar-refractivity contribution in [1.82, 2.24) is 29.5 Å². The summed E-state index contributed by atoms with van der Waals surface area (Å²) in [5.41, 5.74) is 12.6. The Hall–Kier alpha value is -8.55. The maximum Gasteiger partial charge on any atom is 0.180 e. The molecule has 0 saturated heterocycles. The summed E-state index contributed by atoms with van der Waals surface area (Å²) in [4.78, 5) is 26.1. The van der Waals surface area contributed by atoms with E-state index in [0.29, 0.717) is 28.9 Å². The number of furan rings is 1. The van der Waals surface area contributed by atoms with Crippen LogP contribution in [0.2, 0.25) is 0 Å². The van der Waals surface area contributed by atoms with Crippen LogP contribution in [0.5, 0.6) is 0 Å². The Bertz CT molecular complexity index is 3560. The van der Waals surface area contributed by atoms with E-state index in [9.17, 15) is 0 Å². The number of hydrogen-bond acceptors (Lipinski definition) is 6. The predicted octanol–water partition coefficient (Wildman–Crippen LogP) is 13.7. The molecule has 0 amide bonds. The average molecular weight is 795 g/mol. The van der Waals surface area contributed by atoms with Crippen molar-refractivity contribution in [3.8, 4) is 73.6 Å². The fourth-order valence-electron chi connectivity index (χ4n) is 8.64. The quantitative estimate of drug-likeness (QED) is 0.160. The molecule has 0 saturated carbocycles. The van der Waals surface area contributed by atoms with Crippen molar-refractivity contribution in [2.75, 3.05) is 0 Å². The van der Waals surface area contributed by atoms with Crippen LogP contribution in [0.3, 0.4) is 0 Å². The molecule has 0 unspecified atom stereocenters. The first-order valence-corrected chi connectivity index (χ1v) is 20.6. The van der Waals surface area contributed by atoms with Crippen molar-refractivity contribution < 1.29 is 4.42 Å². The zero-order valence-corrected chi connectivity index (χ0v) is 33.2. The molecule has 0 fully saturated rings. The zero-order valence-electron chi connectivity index (χ0n) is 33.2. The maximum atomic E-state index is 6.47. The summed E-state index contributed by atoms with van der Waals surface area (Å²) in [5.74, 6) is 2.27. The van der Waals surface area contributed by atoms with Crippen molar-refractivity contribution in [1.29, 1.82) is 0 Å². The second kappa shape index (κ2) is 14.6. The van der Waals surface area contributed by atoms with E-state index >= 15 is 0 Å². The number of hydrogen-bond donors (Lipinski definition) is 0. The van der Waals surface area contributed by atoms with E-state index in [1.165, 1.54) is 0 Å². The highest BCUT2D eigenvalue weighted by atomic mass is 16.3. The standard InChI is InChI=1S/C55H34N6O/c1-5-18-35(19-6-1)49-51-50(43-27-14-16-31-47(43)62-51)57-54(56-49)38-32-33-40(41-28-17-30-46-48(41)42-26-13-15-29-45(42)61(46)39-24-11-4-12-25-39)44(34-38)55-59-52(36-20-7-2-8-21-36)58-53(60-55)37-22-9-3-10-23-37/h1-34H. The third-order valence-electron chi connectivity index (χ3n) is 11.5. The number of benzene rings is 8. The summed E-state index contributed by atoms with van der Waals surface area (Å²) >= 11 is 0. The Morgan fingerprint density at radius 2 is 0.919 bits per heavy atom. The summed E-state index contributed by atoms with van der Waals surface area (Å²) in [6.45, 7) is 0. The van der Waals surface area contributed by atoms with Crippen LogP contribution in [0.25, 0.3) is 117 Å². The first-order chi connectivity index (χ1) is 30.7. The fraction of sp³-hybridized carbons (Fsp3) is 0. The summed E-state index contributed by atoms with van der Waals surface area (Å²) in [7, 11) is 0. The molecule has 0 aliphatic rings. The van der Waals surface area contributed by atoms with Crippen molar-refractivity contribution in [2.45, 2.75) is 0 Å². The molecule has 4 heterocycles. The number of para-hydroxylation sites is 3. The number of aromatic nitrogens is 6. The second-order valence-electron chi connectivity index (χ2n) is 15.2. The molecule has 62 heavy (non-hydrogen) atoms. The predicted molar refractivity (Wildman–Crippen MR) is 250 cm³/mol. The highest BCUT2D eigenvalue weighted by molar-refractivity contribution is 6.17. The van der Waals surface area contributed by atoms with Crippen LogP contribution in [-0.4, -0.2) is 29.5 Å². The highest BCUT2D eigenvalue weighted by Gasteiger charge is 2.23. The van der Waals surface area contributed by atoms with Gasteiger partial charge in [-0.05, 0) is 53.6 Å². The Balaban J connectivity index is 1.16. The lowest BCUT2D eigenvalue weighted by molar-refractivity contribution is 0.667. The van der Waals surface area contributed by atoms with Gasteiger partial charge >= 0.3 is 0 Å². The molecule has 4 aromatic heterocycles. The third kappa shape index (κ3) is 5.94. The van der Waals surface area contributed by atoms with E-state index in [1.54, 1.807) is 0 Å². The van der Waals surface area contributed by atoms with Gasteiger partial charge in [0.1, 0.15) is 16.8 Å². The lowest BCUT2D eigenvalue weighted by atomic mass is 9.93. The van der Waals surface area contributed by atoms with E-state index in [-0.39, 0.29) is 0 Å². The van der Waals surface area contributed by atoms with Crippen LogP contribution in [0.15, 0.2) is 211 Å². The Morgan fingerprint density at radius 3 is 1.63 bits per heavy atom. The minimum absolute atomic E-state index is 0.538. The monoisotopic (exact) mass is 794 g/mol. The molecule has 7 nitrogen and oxygen atoms in total. The normalized spacial score (nSPS) is 11.5. The molecular formula is C55H34N6O. The molecular weight excluding hydrogens is 761 g/mol. The SMILES string of the molecule is c1ccc(-c2nc(-c3ccccc3)nc(-c3cc(-c4nc(-c5ccccc5)c5oc6ccccc6c5n4)ccc3-c3cccc4c3c3ccccc3n4-c3ccccc3)n2)cc1. The van der Waals surface area contributed by atoms with Gasteiger partial charge < -0.3 is 8.98 Å². The van der Waals surface area contributed by atoms with Crippen LogP contribution < -0.4 is 0 Å². The lowest BCUT2D eigenvalue weighted by Gasteiger charge is -2.15. The Kier molecular flexibility index (Phi) is 8.35. The van der Waals surface area contributed by atoms with Crippen molar-refractivity contribution in [3.63, 3.8) is 0 Å². The van der Waals surface area contributed by atoms with Gasteiger partial charge in [0.15, 0.2) is 28.9 Å². The molecule has 12 aromatic rings. The number of nitrogens with zero attached hydrogens (tertiary/aromatic N) is 6. The third-order valence-corrected chi connectivity index (χ3v) is 11.5. The Labute approximate surface area is 356 Å². The van der Waals surface area contributed by atoms with E-state index in [0.717, 1.165) is 88.6 Å². The van der Waals surface area contributed by atoms with Gasteiger partial charge in [-0.2, -0.15) is 0 Å². The molecule has 0 N–H and O–H groups in total. The first kappa shape index (κ1) is 35.4. The van der Waals surface area contributed by atoms with E-state index in [4.69, 9.17) is 29.3 Å². The van der Waals surface area contributed by atoms with Gasteiger partial charge in [0.05, 0.1) is 11.0 Å². The van der Waals surface area contributed by atoms with Crippen LogP contribution in [0, 0.1) is 0 Å². The Morgan fingerprint density at radius 1 is 0.355 bits per heavy atom. The van der Waals surface area contributed by atoms with Crippen molar-refractivity contribution in [2.24, 2.45) is 0 Å². The van der Waals surface area contributed by atoms with Gasteiger partial charge in [-0.1, -0.05) is 164 Å². The van der Waals surface area contributed by atoms with Crippen LogP contribution in [0.1, 0.15) is 0 Å². The van der Waals surface area contributed by atoms with Crippen molar-refractivity contribution >= 4 is 43.9 Å². The number of rotatable bonds is 7. The summed E-state index contributed by atoms with van der Waals surface area (Å²) in [6, 6.07) is 70.5. The number of fused-ring (bicyclic) bond motifs is 6. The van der Waals surface area contributed by atoms with Crippen LogP contribution >= 0.6 is 0 Å². The minimum atomic E-state index is 0.538. The zero-order chi connectivity index (χ0) is 41.0. The van der Waals surface area contributed by atoms with E-state index in [2.05, 4.69) is 114 Å². The summed E-state index contributed by atoms with van der Waals surface area (Å²) in [6.07, 6.45) is 0. The molecule has 0 spiro atoms. The topological polar surface area (TPSA) is 82.5 Å². The minimum Gasteiger partial charge on any atom is -0.452 e. The van der Waals surface area contributed by atoms with Gasteiger partial charge in [0, 0.05) is 49.7 Å². The molecule has 0 radical (unpaired) electrons. The lowest BCUT2D eigenvalue weighted by Crippen LogP contribution is -2.02. The second-order valence-corrected chi connectivity index (χ2v) is 15.2. The van der Waals surface area contributed by atoms with Gasteiger partial charge in [0.25, 0.3) is 0 Å². The van der Waals surface area contributed by atoms with Gasteiger partial charge in [-0.15, -0.1) is 0 Å². The average Bonchev–Trinajstić information content (AvgIpc) is 3.91.